The number of aromatic amines is 1. The van der Waals surface area contributed by atoms with Gasteiger partial charge in [0.25, 0.3) is 5.56 Å². The SMILES string of the molecule is CCCCCn1c(CCC(=O)Nc2cccc(-n3cnnc3)c2)nc2c1c(=O)[nH]c(=O)n2CCCC. The molecule has 0 saturated heterocycles. The van der Waals surface area contributed by atoms with Gasteiger partial charge in [-0.2, -0.15) is 0 Å². The van der Waals surface area contributed by atoms with Crippen molar-refractivity contribution in [2.75, 3.05) is 5.32 Å². The third kappa shape index (κ3) is 5.61. The monoisotopic (exact) mass is 492 g/mol. The minimum atomic E-state index is -0.448. The number of nitrogens with zero attached hydrogens (tertiary/aromatic N) is 6. The first-order chi connectivity index (χ1) is 17.5. The van der Waals surface area contributed by atoms with Gasteiger partial charge in [0.2, 0.25) is 5.91 Å². The van der Waals surface area contributed by atoms with Crippen LogP contribution in [0.2, 0.25) is 0 Å². The van der Waals surface area contributed by atoms with Crippen molar-refractivity contribution in [2.24, 2.45) is 0 Å². The number of nitrogens with one attached hydrogen (secondary N) is 2. The number of aryl methyl sites for hydroxylation is 3. The highest BCUT2D eigenvalue weighted by Crippen LogP contribution is 2.17. The highest BCUT2D eigenvalue weighted by molar-refractivity contribution is 5.91. The minimum Gasteiger partial charge on any atom is -0.326 e. The lowest BCUT2D eigenvalue weighted by atomic mass is 10.2. The second-order valence-corrected chi connectivity index (χ2v) is 8.79. The summed E-state index contributed by atoms with van der Waals surface area (Å²) in [7, 11) is 0. The molecule has 0 aliphatic heterocycles. The van der Waals surface area contributed by atoms with E-state index in [1.165, 1.54) is 4.57 Å². The smallest absolute Gasteiger partial charge is 0.326 e. The summed E-state index contributed by atoms with van der Waals surface area (Å²) >= 11 is 0. The Morgan fingerprint density at radius 2 is 1.75 bits per heavy atom. The van der Waals surface area contributed by atoms with E-state index in [-0.39, 0.29) is 12.3 Å². The largest absolute Gasteiger partial charge is 0.330 e. The van der Waals surface area contributed by atoms with Gasteiger partial charge in [0, 0.05) is 31.6 Å². The normalized spacial score (nSPS) is 11.3. The third-order valence-corrected chi connectivity index (χ3v) is 6.11. The summed E-state index contributed by atoms with van der Waals surface area (Å²) in [6.07, 6.45) is 8.35. The van der Waals surface area contributed by atoms with Gasteiger partial charge in [0.15, 0.2) is 11.2 Å². The number of hydrogen-bond acceptors (Lipinski definition) is 6. The van der Waals surface area contributed by atoms with Gasteiger partial charge in [-0.15, -0.1) is 10.2 Å². The van der Waals surface area contributed by atoms with Crippen LogP contribution in [0.5, 0.6) is 0 Å². The number of unbranched alkanes of at least 4 members (excludes halogenated alkanes) is 3. The predicted octanol–water partition coefficient (Wildman–Crippen LogP) is 3.03. The van der Waals surface area contributed by atoms with Crippen LogP contribution in [-0.4, -0.2) is 39.8 Å². The van der Waals surface area contributed by atoms with E-state index in [0.29, 0.717) is 42.2 Å². The first-order valence-corrected chi connectivity index (χ1v) is 12.5. The maximum absolute atomic E-state index is 12.8. The van der Waals surface area contributed by atoms with Gasteiger partial charge in [-0.1, -0.05) is 39.2 Å². The molecular weight excluding hydrogens is 460 g/mol. The molecule has 36 heavy (non-hydrogen) atoms. The molecular formula is C25H32N8O3. The molecule has 0 bridgehead atoms. The Hall–Kier alpha value is -4.02. The number of aromatic nitrogens is 7. The summed E-state index contributed by atoms with van der Waals surface area (Å²) in [4.78, 5) is 45.2. The maximum atomic E-state index is 12.8. The molecule has 0 aliphatic carbocycles. The van der Waals surface area contributed by atoms with Gasteiger partial charge < -0.3 is 9.88 Å². The van der Waals surface area contributed by atoms with Crippen molar-refractivity contribution >= 4 is 22.8 Å². The van der Waals surface area contributed by atoms with Crippen LogP contribution < -0.4 is 16.6 Å². The second-order valence-electron chi connectivity index (χ2n) is 8.79. The quantitative estimate of drug-likeness (QED) is 0.292. The van der Waals surface area contributed by atoms with E-state index in [4.69, 9.17) is 4.98 Å². The lowest BCUT2D eigenvalue weighted by Crippen LogP contribution is -2.31. The number of rotatable bonds is 12. The van der Waals surface area contributed by atoms with Crippen LogP contribution in [0.3, 0.4) is 0 Å². The van der Waals surface area contributed by atoms with E-state index in [1.54, 1.807) is 17.2 Å². The Balaban J connectivity index is 1.57. The highest BCUT2D eigenvalue weighted by Gasteiger charge is 2.19. The van der Waals surface area contributed by atoms with Crippen molar-refractivity contribution in [3.8, 4) is 5.69 Å². The van der Waals surface area contributed by atoms with E-state index >= 15 is 0 Å². The van der Waals surface area contributed by atoms with E-state index in [9.17, 15) is 14.4 Å². The molecule has 1 amide bonds. The summed E-state index contributed by atoms with van der Waals surface area (Å²) in [5.41, 5.74) is 1.40. The third-order valence-electron chi connectivity index (χ3n) is 6.11. The zero-order chi connectivity index (χ0) is 25.5. The van der Waals surface area contributed by atoms with Gasteiger partial charge in [-0.25, -0.2) is 9.78 Å². The molecule has 11 nitrogen and oxygen atoms in total. The van der Waals surface area contributed by atoms with Crippen LogP contribution in [0.1, 0.15) is 58.2 Å². The Morgan fingerprint density at radius 1 is 1.00 bits per heavy atom. The molecule has 0 atom stereocenters. The van der Waals surface area contributed by atoms with Crippen LogP contribution >= 0.6 is 0 Å². The van der Waals surface area contributed by atoms with Crippen molar-refractivity contribution in [2.45, 2.75) is 71.9 Å². The molecule has 3 heterocycles. The van der Waals surface area contributed by atoms with Crippen LogP contribution in [0.25, 0.3) is 16.9 Å². The number of H-pyrrole nitrogens is 1. The van der Waals surface area contributed by atoms with E-state index < -0.39 is 11.2 Å². The van der Waals surface area contributed by atoms with Gasteiger partial charge in [0.1, 0.15) is 18.5 Å². The van der Waals surface area contributed by atoms with E-state index in [0.717, 1.165) is 37.8 Å². The molecule has 3 aromatic heterocycles. The molecule has 4 rings (SSSR count). The van der Waals surface area contributed by atoms with Gasteiger partial charge in [-0.05, 0) is 31.0 Å². The summed E-state index contributed by atoms with van der Waals surface area (Å²) in [5.74, 6) is 0.469. The number of anilines is 1. The molecule has 0 radical (unpaired) electrons. The number of hydrogen-bond donors (Lipinski definition) is 2. The summed E-state index contributed by atoms with van der Waals surface area (Å²) < 4.78 is 5.17. The average Bonchev–Trinajstić information content (AvgIpc) is 3.52. The lowest BCUT2D eigenvalue weighted by molar-refractivity contribution is -0.116. The molecule has 0 saturated carbocycles. The van der Waals surface area contributed by atoms with Crippen molar-refractivity contribution < 1.29 is 4.79 Å². The number of carbonyl (C=O) groups is 1. The lowest BCUT2D eigenvalue weighted by Gasteiger charge is -2.10. The molecule has 0 aliphatic rings. The Labute approximate surface area is 208 Å². The number of imidazole rings is 1. The number of fused-ring (bicyclic) bond motifs is 1. The molecule has 0 unspecified atom stereocenters. The predicted molar refractivity (Wildman–Crippen MR) is 137 cm³/mol. The topological polar surface area (TPSA) is 132 Å². The van der Waals surface area contributed by atoms with Gasteiger partial charge in [-0.3, -0.25) is 23.7 Å². The minimum absolute atomic E-state index is 0.166. The van der Waals surface area contributed by atoms with E-state index in [1.807, 2.05) is 35.8 Å². The molecule has 4 aromatic rings. The number of benzene rings is 1. The van der Waals surface area contributed by atoms with Crippen LogP contribution in [0, 0.1) is 0 Å². The molecule has 190 valence electrons. The fourth-order valence-electron chi connectivity index (χ4n) is 4.22. The number of carbonyl (C=O) groups excluding carboxylic acids is 1. The fraction of sp³-hybridized carbons (Fsp3) is 0.440. The first kappa shape index (κ1) is 25.1. The average molecular weight is 493 g/mol. The summed E-state index contributed by atoms with van der Waals surface area (Å²) in [5, 5.41) is 10.5. The first-order valence-electron chi connectivity index (χ1n) is 12.5. The molecule has 0 fully saturated rings. The standard InChI is InChI=1S/C25H32N8O3/c1-3-5-7-14-32-20(29-23-22(32)24(35)30-25(36)33(23)13-6-4-2)11-12-21(34)28-18-9-8-10-19(15-18)31-16-26-27-17-31/h8-10,15-17H,3-7,11-14H2,1-2H3,(H,28,34)(H,30,35,36). The summed E-state index contributed by atoms with van der Waals surface area (Å²) in [6.45, 7) is 5.25. The number of amides is 1. The Kier molecular flexibility index (Phi) is 8.09. The van der Waals surface area contributed by atoms with Crippen LogP contribution in [0.4, 0.5) is 5.69 Å². The van der Waals surface area contributed by atoms with Crippen LogP contribution in [-0.2, 0) is 24.3 Å². The molecule has 11 heteroatoms. The van der Waals surface area contributed by atoms with Gasteiger partial charge in [0.05, 0.1) is 5.69 Å². The Morgan fingerprint density at radius 3 is 2.50 bits per heavy atom. The highest BCUT2D eigenvalue weighted by atomic mass is 16.2. The fourth-order valence-corrected chi connectivity index (χ4v) is 4.22. The Bertz CT molecular complexity index is 1430. The molecule has 2 N–H and O–H groups in total. The van der Waals surface area contributed by atoms with Crippen molar-refractivity contribution in [1.29, 1.82) is 0 Å². The van der Waals surface area contributed by atoms with Crippen molar-refractivity contribution in [3.05, 3.63) is 63.6 Å². The summed E-state index contributed by atoms with van der Waals surface area (Å²) in [6, 6.07) is 7.40. The van der Waals surface area contributed by atoms with Crippen molar-refractivity contribution in [1.82, 2.24) is 33.9 Å². The van der Waals surface area contributed by atoms with Crippen LogP contribution in [0.15, 0.2) is 46.5 Å². The molecule has 0 spiro atoms. The van der Waals surface area contributed by atoms with Crippen molar-refractivity contribution in [3.63, 3.8) is 0 Å². The second kappa shape index (κ2) is 11.6. The maximum Gasteiger partial charge on any atom is 0.330 e. The van der Waals surface area contributed by atoms with Gasteiger partial charge >= 0.3 is 5.69 Å². The molecule has 1 aromatic carbocycles. The zero-order valence-electron chi connectivity index (χ0n) is 20.7. The van der Waals surface area contributed by atoms with E-state index in [2.05, 4.69) is 27.4 Å². The zero-order valence-corrected chi connectivity index (χ0v) is 20.7.